The maximum Gasteiger partial charge on any atom is 0.333 e. The van der Waals surface area contributed by atoms with Crippen molar-refractivity contribution in [3.05, 3.63) is 49.6 Å². The second-order valence-corrected chi connectivity index (χ2v) is 5.80. The third-order valence-electron chi connectivity index (χ3n) is 3.30. The van der Waals surface area contributed by atoms with E-state index >= 15 is 0 Å². The van der Waals surface area contributed by atoms with E-state index in [1.54, 1.807) is 26.0 Å². The Balaban J connectivity index is 4.07. The maximum absolute atomic E-state index is 11.3. The fourth-order valence-corrected chi connectivity index (χ4v) is 1.85. The molecule has 5 heteroatoms. The van der Waals surface area contributed by atoms with Crippen molar-refractivity contribution in [2.24, 2.45) is 0 Å². The van der Waals surface area contributed by atoms with Gasteiger partial charge in [-0.1, -0.05) is 25.3 Å². The molecule has 2 atom stereocenters. The van der Waals surface area contributed by atoms with E-state index < -0.39 is 0 Å². The third-order valence-corrected chi connectivity index (χ3v) is 3.30. The quantitative estimate of drug-likeness (QED) is 0.206. The minimum Gasteiger partial charge on any atom is -0.462 e. The van der Waals surface area contributed by atoms with Crippen molar-refractivity contribution in [2.75, 3.05) is 13.2 Å². The molecule has 0 rings (SSSR count). The van der Waals surface area contributed by atoms with Crippen LogP contribution in [0.1, 0.15) is 39.5 Å². The predicted octanol–water partition coefficient (Wildman–Crippen LogP) is 3.91. The van der Waals surface area contributed by atoms with E-state index in [1.807, 2.05) is 0 Å². The van der Waals surface area contributed by atoms with Crippen molar-refractivity contribution in [1.82, 2.24) is 0 Å². The number of ether oxygens (including phenoxy) is 3. The zero-order valence-electron chi connectivity index (χ0n) is 15.4. The predicted molar refractivity (Wildman–Crippen MR) is 99.1 cm³/mol. The van der Waals surface area contributed by atoms with Gasteiger partial charge in [-0.2, -0.15) is 0 Å². The Kier molecular flexibility index (Phi) is 12.1. The molecule has 0 N–H and O–H groups in total. The average molecular weight is 350 g/mol. The van der Waals surface area contributed by atoms with Crippen LogP contribution in [0.5, 0.6) is 0 Å². The van der Waals surface area contributed by atoms with E-state index in [9.17, 15) is 9.59 Å². The molecule has 0 radical (unpaired) electrons. The van der Waals surface area contributed by atoms with Crippen molar-refractivity contribution in [3.8, 4) is 0 Å². The Morgan fingerprint density at radius 2 is 1.20 bits per heavy atom. The first-order chi connectivity index (χ1) is 11.8. The Labute approximate surface area is 151 Å². The summed E-state index contributed by atoms with van der Waals surface area (Å²) < 4.78 is 16.0. The smallest absolute Gasteiger partial charge is 0.333 e. The van der Waals surface area contributed by atoms with Crippen LogP contribution in [0.4, 0.5) is 0 Å². The Morgan fingerprint density at radius 3 is 1.48 bits per heavy atom. The van der Waals surface area contributed by atoms with Crippen LogP contribution in [-0.2, 0) is 23.8 Å². The van der Waals surface area contributed by atoms with E-state index in [4.69, 9.17) is 14.2 Å². The SMILES string of the molecule is C=CC(CCCOC(=O)C(=C)C)OC(C=C)CCCOC(=O)C(=C)C. The van der Waals surface area contributed by atoms with Crippen LogP contribution in [0.3, 0.4) is 0 Å². The molecule has 25 heavy (non-hydrogen) atoms. The highest BCUT2D eigenvalue weighted by Gasteiger charge is 2.13. The van der Waals surface area contributed by atoms with Gasteiger partial charge in [-0.25, -0.2) is 9.59 Å². The van der Waals surface area contributed by atoms with Gasteiger partial charge >= 0.3 is 11.9 Å². The molecule has 5 nitrogen and oxygen atoms in total. The van der Waals surface area contributed by atoms with Crippen LogP contribution < -0.4 is 0 Å². The molecule has 0 aromatic carbocycles. The molecule has 0 aromatic heterocycles. The van der Waals surface area contributed by atoms with Crippen molar-refractivity contribution >= 4 is 11.9 Å². The third kappa shape index (κ3) is 11.1. The summed E-state index contributed by atoms with van der Waals surface area (Å²) in [6, 6.07) is 0. The second kappa shape index (κ2) is 13.2. The van der Waals surface area contributed by atoms with Gasteiger partial charge in [0.05, 0.1) is 25.4 Å². The van der Waals surface area contributed by atoms with Crippen LogP contribution in [0.2, 0.25) is 0 Å². The van der Waals surface area contributed by atoms with Crippen LogP contribution in [0.15, 0.2) is 49.6 Å². The zero-order chi connectivity index (χ0) is 19.2. The van der Waals surface area contributed by atoms with E-state index in [0.29, 0.717) is 50.0 Å². The van der Waals surface area contributed by atoms with Gasteiger partial charge in [0.15, 0.2) is 0 Å². The highest BCUT2D eigenvalue weighted by Crippen LogP contribution is 2.13. The number of hydrogen-bond donors (Lipinski definition) is 0. The summed E-state index contributed by atoms with van der Waals surface area (Å²) in [5.74, 6) is -0.770. The molecule has 0 fully saturated rings. The van der Waals surface area contributed by atoms with Gasteiger partial charge in [0.1, 0.15) is 0 Å². The summed E-state index contributed by atoms with van der Waals surface area (Å²) in [6.45, 7) is 18.4. The van der Waals surface area contributed by atoms with Gasteiger partial charge in [0.2, 0.25) is 0 Å². The van der Waals surface area contributed by atoms with Crippen LogP contribution in [0, 0.1) is 0 Å². The first kappa shape index (κ1) is 22.9. The molecule has 0 saturated heterocycles. The molecular weight excluding hydrogens is 320 g/mol. The first-order valence-electron chi connectivity index (χ1n) is 8.37. The normalized spacial score (nSPS) is 12.6. The summed E-state index contributed by atoms with van der Waals surface area (Å²) in [5, 5.41) is 0. The van der Waals surface area contributed by atoms with E-state index in [0.717, 1.165) is 0 Å². The molecule has 0 aliphatic heterocycles. The van der Waals surface area contributed by atoms with Gasteiger partial charge in [-0.15, -0.1) is 13.2 Å². The highest BCUT2D eigenvalue weighted by molar-refractivity contribution is 5.87. The standard InChI is InChI=1S/C20H30O5/c1-7-17(11-9-13-23-19(21)15(3)4)25-18(8-2)12-10-14-24-20(22)16(5)6/h7-8,17-18H,1-3,5,9-14H2,4,6H3. The van der Waals surface area contributed by atoms with Crippen LogP contribution in [-0.4, -0.2) is 37.4 Å². The summed E-state index contributed by atoms with van der Waals surface area (Å²) in [6.07, 6.45) is 5.81. The number of esters is 2. The molecule has 0 bridgehead atoms. The van der Waals surface area contributed by atoms with Crippen molar-refractivity contribution in [3.63, 3.8) is 0 Å². The lowest BCUT2D eigenvalue weighted by molar-refractivity contribution is -0.139. The fourth-order valence-electron chi connectivity index (χ4n) is 1.85. The lowest BCUT2D eigenvalue weighted by atomic mass is 10.1. The topological polar surface area (TPSA) is 61.8 Å². The Morgan fingerprint density at radius 1 is 0.840 bits per heavy atom. The van der Waals surface area contributed by atoms with Gasteiger partial charge in [0, 0.05) is 11.1 Å². The molecule has 0 saturated carbocycles. The first-order valence-corrected chi connectivity index (χ1v) is 8.37. The van der Waals surface area contributed by atoms with Gasteiger partial charge in [0.25, 0.3) is 0 Å². The lowest BCUT2D eigenvalue weighted by Gasteiger charge is -2.20. The van der Waals surface area contributed by atoms with Crippen LogP contribution in [0.25, 0.3) is 0 Å². The largest absolute Gasteiger partial charge is 0.462 e. The van der Waals surface area contributed by atoms with Crippen LogP contribution >= 0.6 is 0 Å². The molecule has 140 valence electrons. The highest BCUT2D eigenvalue weighted by atomic mass is 16.5. The summed E-state index contributed by atoms with van der Waals surface area (Å²) in [4.78, 5) is 22.6. The maximum atomic E-state index is 11.3. The molecule has 0 heterocycles. The van der Waals surface area contributed by atoms with E-state index in [-0.39, 0.29) is 24.1 Å². The van der Waals surface area contributed by atoms with Gasteiger partial charge < -0.3 is 14.2 Å². The summed E-state index contributed by atoms with van der Waals surface area (Å²) in [5.41, 5.74) is 0.770. The van der Waals surface area contributed by atoms with Crippen molar-refractivity contribution < 1.29 is 23.8 Å². The monoisotopic (exact) mass is 350 g/mol. The van der Waals surface area contributed by atoms with Crippen molar-refractivity contribution in [2.45, 2.75) is 51.7 Å². The van der Waals surface area contributed by atoms with Gasteiger partial charge in [-0.3, -0.25) is 0 Å². The second-order valence-electron chi connectivity index (χ2n) is 5.80. The minimum absolute atomic E-state index is 0.163. The number of hydrogen-bond acceptors (Lipinski definition) is 5. The molecule has 0 spiro atoms. The van der Waals surface area contributed by atoms with Gasteiger partial charge in [-0.05, 0) is 39.5 Å². The summed E-state index contributed by atoms with van der Waals surface area (Å²) >= 11 is 0. The molecule has 2 unspecified atom stereocenters. The lowest BCUT2D eigenvalue weighted by Crippen LogP contribution is -2.20. The molecule has 0 amide bonds. The van der Waals surface area contributed by atoms with E-state index in [1.165, 1.54) is 0 Å². The average Bonchev–Trinajstić information content (AvgIpc) is 2.58. The molecule has 0 aliphatic rings. The Hall–Kier alpha value is -2.14. The fraction of sp³-hybridized carbons (Fsp3) is 0.500. The molecule has 0 aromatic rings. The number of carbonyl (C=O) groups is 2. The molecular formula is C20H30O5. The minimum atomic E-state index is -0.385. The zero-order valence-corrected chi connectivity index (χ0v) is 15.4. The number of carbonyl (C=O) groups excluding carboxylic acids is 2. The Bertz CT molecular complexity index is 448. The number of rotatable bonds is 14. The molecule has 0 aliphatic carbocycles. The van der Waals surface area contributed by atoms with E-state index in [2.05, 4.69) is 26.3 Å². The summed E-state index contributed by atoms with van der Waals surface area (Å²) in [7, 11) is 0. The van der Waals surface area contributed by atoms with Crippen molar-refractivity contribution in [1.29, 1.82) is 0 Å².